The Bertz CT molecular complexity index is 1120. The maximum atomic E-state index is 12.9. The van der Waals surface area contributed by atoms with Crippen molar-refractivity contribution in [2.75, 3.05) is 32.6 Å². The molecule has 1 amide bonds. The number of amides is 1. The van der Waals surface area contributed by atoms with Crippen LogP contribution in [-0.2, 0) is 27.7 Å². The number of nitrogens with zero attached hydrogens (tertiary/aromatic N) is 2. The number of hydrogen-bond acceptors (Lipinski definition) is 7. The van der Waals surface area contributed by atoms with E-state index in [1.54, 1.807) is 13.8 Å². The molecule has 0 spiro atoms. The van der Waals surface area contributed by atoms with Crippen molar-refractivity contribution in [3.8, 4) is 0 Å². The fourth-order valence-electron chi connectivity index (χ4n) is 3.77. The second-order valence-corrected chi connectivity index (χ2v) is 11.4. The van der Waals surface area contributed by atoms with Crippen LogP contribution in [-0.4, -0.2) is 62.8 Å². The topological polar surface area (TPSA) is 96.0 Å². The van der Waals surface area contributed by atoms with E-state index in [1.807, 2.05) is 0 Å². The van der Waals surface area contributed by atoms with Crippen LogP contribution in [0.15, 0.2) is 29.2 Å². The first-order valence-corrected chi connectivity index (χ1v) is 13.2. The molecule has 0 bridgehead atoms. The smallest absolute Gasteiger partial charge is 0.341 e. The minimum Gasteiger partial charge on any atom is -0.465 e. The monoisotopic (exact) mass is 493 g/mol. The van der Waals surface area contributed by atoms with Gasteiger partial charge in [0, 0.05) is 36.6 Å². The van der Waals surface area contributed by atoms with Crippen LogP contribution in [0, 0.1) is 0 Å². The summed E-state index contributed by atoms with van der Waals surface area (Å²) in [6.45, 7) is 8.29. The fourth-order valence-corrected chi connectivity index (χ4v) is 6.41. The minimum atomic E-state index is -3.64. The highest BCUT2D eigenvalue weighted by Gasteiger charge is 2.29. The number of esters is 1. The Hall–Kier alpha value is -2.27. The number of ether oxygens (including phenoxy) is 1. The molecule has 2 heterocycles. The fraction of sp³-hybridized carbons (Fsp3) is 0.478. The zero-order valence-corrected chi connectivity index (χ0v) is 21.3. The van der Waals surface area contributed by atoms with E-state index in [2.05, 4.69) is 17.1 Å². The van der Waals surface area contributed by atoms with Gasteiger partial charge in [0.25, 0.3) is 5.91 Å². The molecule has 10 heteroatoms. The highest BCUT2D eigenvalue weighted by Crippen LogP contribution is 2.38. The molecule has 1 aromatic carbocycles. The Kier molecular flexibility index (Phi) is 7.94. The van der Waals surface area contributed by atoms with Crippen LogP contribution in [0.25, 0.3) is 0 Å². The third-order valence-electron chi connectivity index (χ3n) is 5.81. The lowest BCUT2D eigenvalue weighted by Crippen LogP contribution is -2.33. The van der Waals surface area contributed by atoms with Gasteiger partial charge in [0.05, 0.1) is 17.6 Å². The number of anilines is 1. The van der Waals surface area contributed by atoms with E-state index in [0.29, 0.717) is 16.1 Å². The van der Waals surface area contributed by atoms with E-state index in [0.717, 1.165) is 42.9 Å². The number of carbonyl (C=O) groups is 2. The van der Waals surface area contributed by atoms with E-state index < -0.39 is 21.9 Å². The van der Waals surface area contributed by atoms with Gasteiger partial charge in [0.1, 0.15) is 5.00 Å². The number of fused-ring (bicyclic) bond motifs is 1. The van der Waals surface area contributed by atoms with E-state index in [9.17, 15) is 18.0 Å². The lowest BCUT2D eigenvalue weighted by atomic mass is 10.0. The Morgan fingerprint density at radius 1 is 1.24 bits per heavy atom. The second kappa shape index (κ2) is 10.3. The minimum absolute atomic E-state index is 0.119. The number of benzene rings is 1. The average molecular weight is 494 g/mol. The van der Waals surface area contributed by atoms with Gasteiger partial charge >= 0.3 is 5.97 Å². The third kappa shape index (κ3) is 5.29. The number of thiophene rings is 1. The molecule has 0 saturated carbocycles. The summed E-state index contributed by atoms with van der Waals surface area (Å²) in [5.41, 5.74) is 1.66. The number of methoxy groups -OCH3 is 1. The third-order valence-corrected chi connectivity index (χ3v) is 8.99. The molecule has 0 unspecified atom stereocenters. The molecule has 1 N–H and O–H groups in total. The molecule has 180 valence electrons. The maximum Gasteiger partial charge on any atom is 0.341 e. The van der Waals surface area contributed by atoms with Crippen LogP contribution in [0.3, 0.4) is 0 Å². The van der Waals surface area contributed by atoms with Gasteiger partial charge in [0.15, 0.2) is 0 Å². The lowest BCUT2D eigenvalue weighted by Gasteiger charge is -2.26. The molecule has 0 saturated heterocycles. The van der Waals surface area contributed by atoms with Crippen molar-refractivity contribution in [2.45, 2.75) is 51.1 Å². The maximum absolute atomic E-state index is 12.9. The number of hydrogen-bond donors (Lipinski definition) is 1. The Balaban J connectivity index is 1.85. The zero-order valence-electron chi connectivity index (χ0n) is 19.7. The highest BCUT2D eigenvalue weighted by atomic mass is 32.2. The van der Waals surface area contributed by atoms with Crippen molar-refractivity contribution in [1.82, 2.24) is 9.21 Å². The van der Waals surface area contributed by atoms with Crippen LogP contribution in [0.5, 0.6) is 0 Å². The van der Waals surface area contributed by atoms with Gasteiger partial charge in [0.2, 0.25) is 10.0 Å². The summed E-state index contributed by atoms with van der Waals surface area (Å²) in [7, 11) is -0.781. The average Bonchev–Trinajstić information content (AvgIpc) is 3.15. The molecule has 1 aliphatic rings. The van der Waals surface area contributed by atoms with Crippen molar-refractivity contribution in [3.05, 3.63) is 45.8 Å². The molecule has 0 atom stereocenters. The van der Waals surface area contributed by atoms with Gasteiger partial charge in [-0.2, -0.15) is 4.31 Å². The van der Waals surface area contributed by atoms with Crippen LogP contribution in [0.2, 0.25) is 0 Å². The molecule has 8 nitrogen and oxygen atoms in total. The normalized spacial score (nSPS) is 14.4. The first kappa shape index (κ1) is 25.4. The first-order valence-electron chi connectivity index (χ1n) is 10.9. The van der Waals surface area contributed by atoms with Crippen LogP contribution < -0.4 is 5.32 Å². The lowest BCUT2D eigenvalue weighted by molar-refractivity contribution is 0.0600. The predicted octanol–water partition coefficient (Wildman–Crippen LogP) is 3.58. The molecular formula is C23H31N3O5S2. The zero-order chi connectivity index (χ0) is 24.3. The largest absolute Gasteiger partial charge is 0.465 e. The summed E-state index contributed by atoms with van der Waals surface area (Å²) >= 11 is 1.40. The number of nitrogens with one attached hydrogen (secondary N) is 1. The summed E-state index contributed by atoms with van der Waals surface area (Å²) in [4.78, 5) is 29.0. The molecule has 2 aromatic rings. The molecule has 0 radical (unpaired) electrons. The van der Waals surface area contributed by atoms with Crippen molar-refractivity contribution in [2.24, 2.45) is 0 Å². The Morgan fingerprint density at radius 2 is 1.91 bits per heavy atom. The van der Waals surface area contributed by atoms with Gasteiger partial charge in [-0.15, -0.1) is 11.3 Å². The van der Waals surface area contributed by atoms with E-state index in [4.69, 9.17) is 4.74 Å². The first-order chi connectivity index (χ1) is 15.6. The predicted molar refractivity (Wildman–Crippen MR) is 129 cm³/mol. The number of sulfonamides is 1. The van der Waals surface area contributed by atoms with E-state index >= 15 is 0 Å². The van der Waals surface area contributed by atoms with Crippen LogP contribution in [0.1, 0.15) is 58.3 Å². The van der Waals surface area contributed by atoms with Gasteiger partial charge in [-0.05, 0) is 63.1 Å². The second-order valence-electron chi connectivity index (χ2n) is 8.32. The van der Waals surface area contributed by atoms with Crippen molar-refractivity contribution in [1.29, 1.82) is 0 Å². The molecule has 0 fully saturated rings. The van der Waals surface area contributed by atoms with Gasteiger partial charge < -0.3 is 10.1 Å². The molecule has 1 aliphatic heterocycles. The van der Waals surface area contributed by atoms with Crippen molar-refractivity contribution >= 4 is 38.2 Å². The summed E-state index contributed by atoms with van der Waals surface area (Å²) in [6, 6.07) is 5.61. The summed E-state index contributed by atoms with van der Waals surface area (Å²) in [6.07, 6.45) is 1.77. The Morgan fingerprint density at radius 3 is 2.48 bits per heavy atom. The van der Waals surface area contributed by atoms with Crippen LogP contribution >= 0.6 is 11.3 Å². The Labute approximate surface area is 199 Å². The van der Waals surface area contributed by atoms with E-state index in [1.165, 1.54) is 54.1 Å². The molecular weight excluding hydrogens is 462 g/mol. The quantitative estimate of drug-likeness (QED) is 0.565. The number of rotatable bonds is 8. The van der Waals surface area contributed by atoms with Gasteiger partial charge in [-0.25, -0.2) is 13.2 Å². The molecule has 0 aliphatic carbocycles. The molecule has 3 rings (SSSR count). The standard InChI is InChI=1S/C23H31N3O5S2/c1-6-12-26-13-11-18-19(14-26)32-22(20(18)23(28)31-5)24-21(27)16-7-9-17(10-8-16)33(29,30)25(4)15(2)3/h7-10,15H,6,11-14H2,1-5H3,(H,24,27). The van der Waals surface area contributed by atoms with Gasteiger partial charge in [-0.1, -0.05) is 6.92 Å². The summed E-state index contributed by atoms with van der Waals surface area (Å²) < 4.78 is 31.6. The number of carbonyl (C=O) groups excluding carboxylic acids is 2. The molecule has 33 heavy (non-hydrogen) atoms. The van der Waals surface area contributed by atoms with Crippen molar-refractivity contribution in [3.63, 3.8) is 0 Å². The van der Waals surface area contributed by atoms with Gasteiger partial charge in [-0.3, -0.25) is 9.69 Å². The van der Waals surface area contributed by atoms with Crippen molar-refractivity contribution < 1.29 is 22.7 Å². The highest BCUT2D eigenvalue weighted by molar-refractivity contribution is 7.89. The van der Waals surface area contributed by atoms with E-state index in [-0.39, 0.29) is 10.9 Å². The summed E-state index contributed by atoms with van der Waals surface area (Å²) in [5, 5.41) is 3.31. The van der Waals surface area contributed by atoms with Crippen LogP contribution in [0.4, 0.5) is 5.00 Å². The summed E-state index contributed by atoms with van der Waals surface area (Å²) in [5.74, 6) is -0.879. The molecule has 1 aromatic heterocycles. The SMILES string of the molecule is CCCN1CCc2c(sc(NC(=O)c3ccc(S(=O)(=O)N(C)C(C)C)cc3)c2C(=O)OC)C1.